The average molecular weight is 218 g/mol. The molecule has 0 saturated carbocycles. The van der Waals surface area contributed by atoms with Crippen LogP contribution in [0.4, 0.5) is 4.79 Å². The Hall–Kier alpha value is -1.84. The first-order valence-electron chi connectivity index (χ1n) is 5.27. The van der Waals surface area contributed by atoms with Crippen LogP contribution in [-0.4, -0.2) is 23.4 Å². The first-order valence-corrected chi connectivity index (χ1v) is 5.27. The lowest BCUT2D eigenvalue weighted by atomic mass is 9.90. The number of benzene rings is 1. The van der Waals surface area contributed by atoms with Gasteiger partial charge >= 0.3 is 6.03 Å². The van der Waals surface area contributed by atoms with Crippen molar-refractivity contribution in [3.8, 4) is 0 Å². The van der Waals surface area contributed by atoms with E-state index in [1.54, 1.807) is 0 Å². The molecule has 1 fully saturated rings. The van der Waals surface area contributed by atoms with E-state index in [-0.39, 0.29) is 17.7 Å². The maximum atomic E-state index is 11.8. The standard InChI is InChI=1S/C12H14N2O2/c1-8-10(9-5-3-2-4-6-9)7-14(11(8)15)12(13)16/h2-6,8,10H,7H2,1H3,(H2,13,16)/t8?,10-/m0/s1. The molecule has 84 valence electrons. The average Bonchev–Trinajstić information content (AvgIpc) is 2.58. The van der Waals surface area contributed by atoms with Crippen LogP contribution in [0.5, 0.6) is 0 Å². The second-order valence-corrected chi connectivity index (χ2v) is 4.09. The molecule has 1 aromatic rings. The number of hydrogen-bond donors (Lipinski definition) is 1. The molecule has 0 spiro atoms. The molecule has 1 aliphatic heterocycles. The first kappa shape index (κ1) is 10.7. The van der Waals surface area contributed by atoms with E-state index < -0.39 is 6.03 Å². The van der Waals surface area contributed by atoms with Gasteiger partial charge in [0.25, 0.3) is 0 Å². The minimum atomic E-state index is -0.657. The van der Waals surface area contributed by atoms with E-state index in [4.69, 9.17) is 5.73 Å². The highest BCUT2D eigenvalue weighted by molar-refractivity contribution is 5.97. The Kier molecular flexibility index (Phi) is 2.64. The number of carbonyl (C=O) groups is 2. The van der Waals surface area contributed by atoms with Crippen molar-refractivity contribution in [3.63, 3.8) is 0 Å². The van der Waals surface area contributed by atoms with Gasteiger partial charge in [0.15, 0.2) is 0 Å². The molecule has 1 heterocycles. The zero-order chi connectivity index (χ0) is 11.7. The molecule has 2 N–H and O–H groups in total. The van der Waals surface area contributed by atoms with Crippen LogP contribution in [0.25, 0.3) is 0 Å². The zero-order valence-corrected chi connectivity index (χ0v) is 9.09. The molecular weight excluding hydrogens is 204 g/mol. The van der Waals surface area contributed by atoms with Crippen LogP contribution in [0.2, 0.25) is 0 Å². The summed E-state index contributed by atoms with van der Waals surface area (Å²) in [6.45, 7) is 2.22. The molecule has 1 saturated heterocycles. The lowest BCUT2D eigenvalue weighted by Gasteiger charge is -2.12. The molecule has 0 radical (unpaired) electrons. The number of hydrogen-bond acceptors (Lipinski definition) is 2. The number of amides is 3. The van der Waals surface area contributed by atoms with Gasteiger partial charge in [0.2, 0.25) is 5.91 Å². The van der Waals surface area contributed by atoms with Crippen LogP contribution in [0.1, 0.15) is 18.4 Å². The fraction of sp³-hybridized carbons (Fsp3) is 0.333. The van der Waals surface area contributed by atoms with Crippen LogP contribution < -0.4 is 5.73 Å². The molecule has 1 aromatic carbocycles. The Bertz CT molecular complexity index is 416. The summed E-state index contributed by atoms with van der Waals surface area (Å²) < 4.78 is 0. The van der Waals surface area contributed by atoms with Crippen molar-refractivity contribution in [2.24, 2.45) is 11.7 Å². The summed E-state index contributed by atoms with van der Waals surface area (Å²) in [5.74, 6) is -0.308. The SMILES string of the molecule is CC1C(=O)N(C(N)=O)C[C@@H]1c1ccccc1. The Balaban J connectivity index is 2.26. The highest BCUT2D eigenvalue weighted by atomic mass is 16.2. The van der Waals surface area contributed by atoms with Gasteiger partial charge in [-0.3, -0.25) is 9.69 Å². The van der Waals surface area contributed by atoms with Crippen LogP contribution in [0, 0.1) is 5.92 Å². The summed E-state index contributed by atoms with van der Waals surface area (Å²) in [7, 11) is 0. The van der Waals surface area contributed by atoms with Crippen molar-refractivity contribution < 1.29 is 9.59 Å². The summed E-state index contributed by atoms with van der Waals surface area (Å²) in [6, 6.07) is 9.07. The van der Waals surface area contributed by atoms with E-state index in [1.165, 1.54) is 0 Å². The third-order valence-corrected chi connectivity index (χ3v) is 3.13. The van der Waals surface area contributed by atoms with Crippen molar-refractivity contribution in [1.82, 2.24) is 4.90 Å². The normalized spacial score (nSPS) is 24.8. The van der Waals surface area contributed by atoms with Gasteiger partial charge in [0, 0.05) is 18.4 Å². The molecule has 4 heteroatoms. The number of rotatable bonds is 1. The van der Waals surface area contributed by atoms with Crippen LogP contribution >= 0.6 is 0 Å². The Morgan fingerprint density at radius 1 is 1.38 bits per heavy atom. The topological polar surface area (TPSA) is 63.4 Å². The number of imide groups is 1. The van der Waals surface area contributed by atoms with E-state index in [1.807, 2.05) is 37.3 Å². The number of urea groups is 1. The van der Waals surface area contributed by atoms with Crippen LogP contribution in [0.3, 0.4) is 0 Å². The largest absolute Gasteiger partial charge is 0.351 e. The number of primary amides is 1. The summed E-state index contributed by atoms with van der Waals surface area (Å²) >= 11 is 0. The highest BCUT2D eigenvalue weighted by Gasteiger charge is 2.40. The van der Waals surface area contributed by atoms with Gasteiger partial charge in [0.05, 0.1) is 0 Å². The predicted molar refractivity (Wildman–Crippen MR) is 59.6 cm³/mol. The molecule has 0 bridgehead atoms. The third kappa shape index (κ3) is 1.66. The smallest absolute Gasteiger partial charge is 0.321 e. The molecule has 0 aliphatic carbocycles. The van der Waals surface area contributed by atoms with Crippen molar-refractivity contribution in [3.05, 3.63) is 35.9 Å². The summed E-state index contributed by atoms with van der Waals surface area (Å²) in [5.41, 5.74) is 6.23. The molecule has 2 rings (SSSR count). The third-order valence-electron chi connectivity index (χ3n) is 3.13. The number of nitrogens with zero attached hydrogens (tertiary/aromatic N) is 1. The maximum absolute atomic E-state index is 11.8. The van der Waals surface area contributed by atoms with E-state index in [9.17, 15) is 9.59 Å². The molecule has 16 heavy (non-hydrogen) atoms. The molecular formula is C12H14N2O2. The lowest BCUT2D eigenvalue weighted by Crippen LogP contribution is -2.37. The van der Waals surface area contributed by atoms with E-state index in [0.717, 1.165) is 10.5 Å². The molecule has 0 aromatic heterocycles. The van der Waals surface area contributed by atoms with Crippen molar-refractivity contribution in [2.75, 3.05) is 6.54 Å². The van der Waals surface area contributed by atoms with E-state index in [0.29, 0.717) is 6.54 Å². The van der Waals surface area contributed by atoms with Gasteiger partial charge in [-0.15, -0.1) is 0 Å². The number of nitrogens with two attached hydrogens (primary N) is 1. The highest BCUT2D eigenvalue weighted by Crippen LogP contribution is 2.32. The van der Waals surface area contributed by atoms with Gasteiger partial charge in [-0.1, -0.05) is 37.3 Å². The van der Waals surface area contributed by atoms with Crippen molar-refractivity contribution in [2.45, 2.75) is 12.8 Å². The van der Waals surface area contributed by atoms with Gasteiger partial charge in [0.1, 0.15) is 0 Å². The monoisotopic (exact) mass is 218 g/mol. The van der Waals surface area contributed by atoms with Gasteiger partial charge in [-0.2, -0.15) is 0 Å². The van der Waals surface area contributed by atoms with Gasteiger partial charge in [-0.05, 0) is 5.56 Å². The fourth-order valence-corrected chi connectivity index (χ4v) is 2.16. The molecule has 3 amide bonds. The summed E-state index contributed by atoms with van der Waals surface area (Å²) in [5, 5.41) is 0. The van der Waals surface area contributed by atoms with Crippen molar-refractivity contribution in [1.29, 1.82) is 0 Å². The Labute approximate surface area is 94.0 Å². The number of carbonyl (C=O) groups excluding carboxylic acids is 2. The quantitative estimate of drug-likeness (QED) is 0.772. The Morgan fingerprint density at radius 3 is 2.50 bits per heavy atom. The van der Waals surface area contributed by atoms with Crippen molar-refractivity contribution >= 4 is 11.9 Å². The van der Waals surface area contributed by atoms with E-state index in [2.05, 4.69) is 0 Å². The van der Waals surface area contributed by atoms with E-state index >= 15 is 0 Å². The van der Waals surface area contributed by atoms with Gasteiger partial charge < -0.3 is 5.73 Å². The maximum Gasteiger partial charge on any atom is 0.321 e. The fourth-order valence-electron chi connectivity index (χ4n) is 2.16. The van der Waals surface area contributed by atoms with Crippen LogP contribution in [0.15, 0.2) is 30.3 Å². The molecule has 2 atom stereocenters. The Morgan fingerprint density at radius 2 is 2.00 bits per heavy atom. The molecule has 4 nitrogen and oxygen atoms in total. The number of likely N-dealkylation sites (tertiary alicyclic amines) is 1. The lowest BCUT2D eigenvalue weighted by molar-refractivity contribution is -0.128. The zero-order valence-electron chi connectivity index (χ0n) is 9.09. The minimum absolute atomic E-state index is 0.0567. The molecule has 1 unspecified atom stereocenters. The molecule has 1 aliphatic rings. The second-order valence-electron chi connectivity index (χ2n) is 4.09. The van der Waals surface area contributed by atoms with Gasteiger partial charge in [-0.25, -0.2) is 4.79 Å². The first-order chi connectivity index (χ1) is 7.61. The minimum Gasteiger partial charge on any atom is -0.351 e. The summed E-state index contributed by atoms with van der Waals surface area (Å²) in [4.78, 5) is 23.9. The predicted octanol–water partition coefficient (Wildman–Crippen LogP) is 1.33. The summed E-state index contributed by atoms with van der Waals surface area (Å²) in [6.07, 6.45) is 0. The second kappa shape index (κ2) is 3.96. The van der Waals surface area contributed by atoms with Crippen LogP contribution in [-0.2, 0) is 4.79 Å².